The first-order valence-corrected chi connectivity index (χ1v) is 9.65. The quantitative estimate of drug-likeness (QED) is 0.672. The SMILES string of the molecule is C[C@@H]1CC2=CC(=O)[C@H]3C[C@H]3[C@]2(C)[C@H]2CC[C@]3(C)C(=O)CC[C@H]3[C@H]12. The van der Waals surface area contributed by atoms with Crippen molar-refractivity contribution < 1.29 is 9.59 Å². The Morgan fingerprint density at radius 3 is 2.65 bits per heavy atom. The Balaban J connectivity index is 1.59. The highest BCUT2D eigenvalue weighted by Crippen LogP contribution is 2.71. The van der Waals surface area contributed by atoms with Gasteiger partial charge >= 0.3 is 0 Å². The maximum atomic E-state index is 12.5. The van der Waals surface area contributed by atoms with Gasteiger partial charge in [-0.05, 0) is 73.2 Å². The van der Waals surface area contributed by atoms with Crippen LogP contribution in [-0.4, -0.2) is 11.6 Å². The van der Waals surface area contributed by atoms with Crippen LogP contribution in [-0.2, 0) is 9.59 Å². The molecule has 0 aromatic rings. The Labute approximate surface area is 139 Å². The highest BCUT2D eigenvalue weighted by atomic mass is 16.1. The number of ketones is 2. The van der Waals surface area contributed by atoms with Gasteiger partial charge in [0.2, 0.25) is 0 Å². The summed E-state index contributed by atoms with van der Waals surface area (Å²) >= 11 is 0. The molecule has 0 bridgehead atoms. The molecule has 0 unspecified atom stereocenters. The van der Waals surface area contributed by atoms with Gasteiger partial charge in [0.05, 0.1) is 0 Å². The first-order valence-electron chi connectivity index (χ1n) is 9.65. The third kappa shape index (κ3) is 1.56. The summed E-state index contributed by atoms with van der Waals surface area (Å²) in [6.45, 7) is 7.11. The average Bonchev–Trinajstić information content (AvgIpc) is 3.26. The molecule has 2 heteroatoms. The highest BCUT2D eigenvalue weighted by molar-refractivity contribution is 5.96. The molecule has 0 aliphatic heterocycles. The lowest BCUT2D eigenvalue weighted by Crippen LogP contribution is -2.54. The van der Waals surface area contributed by atoms with E-state index >= 15 is 0 Å². The third-order valence-electron chi connectivity index (χ3n) is 8.95. The molecule has 0 heterocycles. The summed E-state index contributed by atoms with van der Waals surface area (Å²) < 4.78 is 0. The van der Waals surface area contributed by atoms with Gasteiger partial charge in [0.15, 0.2) is 5.78 Å². The predicted octanol–water partition coefficient (Wildman–Crippen LogP) is 4.19. The van der Waals surface area contributed by atoms with Crippen molar-refractivity contribution in [2.75, 3.05) is 0 Å². The van der Waals surface area contributed by atoms with Crippen LogP contribution < -0.4 is 0 Å². The van der Waals surface area contributed by atoms with Crippen molar-refractivity contribution in [1.29, 1.82) is 0 Å². The largest absolute Gasteiger partial charge is 0.299 e. The molecule has 5 aliphatic carbocycles. The number of hydrogen-bond acceptors (Lipinski definition) is 2. The Kier molecular flexibility index (Phi) is 2.62. The second kappa shape index (κ2) is 4.18. The number of carbonyl (C=O) groups excluding carboxylic acids is 2. The molecule has 0 spiro atoms. The van der Waals surface area contributed by atoms with Crippen molar-refractivity contribution in [2.24, 2.45) is 46.3 Å². The van der Waals surface area contributed by atoms with Gasteiger partial charge in [0.25, 0.3) is 0 Å². The van der Waals surface area contributed by atoms with Gasteiger partial charge in [-0.2, -0.15) is 0 Å². The molecule has 0 aromatic heterocycles. The molecular weight excluding hydrogens is 284 g/mol. The van der Waals surface area contributed by atoms with E-state index < -0.39 is 0 Å². The monoisotopic (exact) mass is 312 g/mol. The molecule has 124 valence electrons. The summed E-state index contributed by atoms with van der Waals surface area (Å²) in [5, 5.41) is 0. The van der Waals surface area contributed by atoms with Crippen LogP contribution in [0.1, 0.15) is 59.3 Å². The van der Waals surface area contributed by atoms with Gasteiger partial charge in [0, 0.05) is 17.8 Å². The van der Waals surface area contributed by atoms with E-state index in [1.165, 1.54) is 12.0 Å². The smallest absolute Gasteiger partial charge is 0.159 e. The Morgan fingerprint density at radius 1 is 1.09 bits per heavy atom. The minimum atomic E-state index is -0.0412. The number of fused-ring (bicyclic) bond motifs is 7. The van der Waals surface area contributed by atoms with Crippen LogP contribution in [0.4, 0.5) is 0 Å². The summed E-state index contributed by atoms with van der Waals surface area (Å²) in [6, 6.07) is 0. The molecule has 0 N–H and O–H groups in total. The third-order valence-corrected chi connectivity index (χ3v) is 8.95. The molecule has 2 nitrogen and oxygen atoms in total. The minimum absolute atomic E-state index is 0.0412. The fourth-order valence-electron chi connectivity index (χ4n) is 7.58. The number of hydrogen-bond donors (Lipinski definition) is 0. The molecule has 23 heavy (non-hydrogen) atoms. The van der Waals surface area contributed by atoms with E-state index in [2.05, 4.69) is 20.8 Å². The maximum absolute atomic E-state index is 12.5. The zero-order valence-corrected chi connectivity index (χ0v) is 14.6. The molecular formula is C21H28O2. The molecule has 8 atom stereocenters. The first-order chi connectivity index (χ1) is 10.9. The number of Topliss-reactive ketones (excluding diaryl/α,β-unsaturated/α-hetero) is 1. The summed E-state index contributed by atoms with van der Waals surface area (Å²) in [4.78, 5) is 24.8. The van der Waals surface area contributed by atoms with Crippen molar-refractivity contribution in [2.45, 2.75) is 59.3 Å². The molecule has 5 aliphatic rings. The van der Waals surface area contributed by atoms with Crippen LogP contribution in [0.25, 0.3) is 0 Å². The topological polar surface area (TPSA) is 34.1 Å². The molecule has 0 saturated heterocycles. The van der Waals surface area contributed by atoms with E-state index in [1.807, 2.05) is 6.08 Å². The minimum Gasteiger partial charge on any atom is -0.299 e. The summed E-state index contributed by atoms with van der Waals surface area (Å²) in [5.74, 6) is 4.48. The Hall–Kier alpha value is -0.920. The number of allylic oxidation sites excluding steroid dienone is 1. The van der Waals surface area contributed by atoms with Crippen LogP contribution in [0.5, 0.6) is 0 Å². The molecule has 4 saturated carbocycles. The zero-order chi connectivity index (χ0) is 16.1. The Morgan fingerprint density at radius 2 is 1.87 bits per heavy atom. The standard InChI is InChI=1S/C21H28O2/c1-11-8-12-9-17(22)13-10-16(13)21(12,3)15-6-7-20(2)14(19(11)15)4-5-18(20)23/h9,11,13-16,19H,4-8,10H2,1-3H3/t11-,13+,14+,15+,16-,19+,20+,21+/m1/s1. The predicted molar refractivity (Wildman–Crippen MR) is 88.6 cm³/mol. The lowest BCUT2D eigenvalue weighted by Gasteiger charge is -2.59. The van der Waals surface area contributed by atoms with E-state index in [9.17, 15) is 9.59 Å². The summed E-state index contributed by atoms with van der Waals surface area (Å²) in [6.07, 6.45) is 8.44. The van der Waals surface area contributed by atoms with Gasteiger partial charge in [0.1, 0.15) is 5.78 Å². The van der Waals surface area contributed by atoms with E-state index in [1.54, 1.807) is 0 Å². The number of rotatable bonds is 0. The van der Waals surface area contributed by atoms with E-state index in [4.69, 9.17) is 0 Å². The van der Waals surface area contributed by atoms with Gasteiger partial charge in [-0.3, -0.25) is 9.59 Å². The van der Waals surface area contributed by atoms with Crippen LogP contribution in [0, 0.1) is 46.3 Å². The average molecular weight is 312 g/mol. The fourth-order valence-corrected chi connectivity index (χ4v) is 7.58. The van der Waals surface area contributed by atoms with Crippen LogP contribution in [0.2, 0.25) is 0 Å². The summed E-state index contributed by atoms with van der Waals surface area (Å²) in [5.41, 5.74) is 1.67. The van der Waals surface area contributed by atoms with Crippen molar-refractivity contribution in [1.82, 2.24) is 0 Å². The molecule has 5 rings (SSSR count). The van der Waals surface area contributed by atoms with Crippen molar-refractivity contribution >= 4 is 11.6 Å². The van der Waals surface area contributed by atoms with E-state index in [0.717, 1.165) is 32.1 Å². The van der Waals surface area contributed by atoms with Crippen molar-refractivity contribution in [3.8, 4) is 0 Å². The fraction of sp³-hybridized carbons (Fsp3) is 0.810. The highest BCUT2D eigenvalue weighted by Gasteiger charge is 2.67. The van der Waals surface area contributed by atoms with E-state index in [-0.39, 0.29) is 10.8 Å². The lowest BCUT2D eigenvalue weighted by atomic mass is 9.45. The van der Waals surface area contributed by atoms with Gasteiger partial charge in [-0.15, -0.1) is 0 Å². The van der Waals surface area contributed by atoms with E-state index in [0.29, 0.717) is 47.1 Å². The van der Waals surface area contributed by atoms with Gasteiger partial charge in [-0.1, -0.05) is 26.3 Å². The van der Waals surface area contributed by atoms with Crippen LogP contribution in [0.3, 0.4) is 0 Å². The number of carbonyl (C=O) groups is 2. The second-order valence-electron chi connectivity index (χ2n) is 9.69. The molecule has 0 amide bonds. The van der Waals surface area contributed by atoms with Crippen molar-refractivity contribution in [3.63, 3.8) is 0 Å². The Bertz CT molecular complexity index is 646. The molecule has 4 fully saturated rings. The lowest BCUT2D eigenvalue weighted by molar-refractivity contribution is -0.135. The molecule has 0 radical (unpaired) electrons. The summed E-state index contributed by atoms with van der Waals surface area (Å²) in [7, 11) is 0. The normalized spacial score (nSPS) is 57.1. The van der Waals surface area contributed by atoms with Crippen LogP contribution >= 0.6 is 0 Å². The zero-order valence-electron chi connectivity index (χ0n) is 14.6. The van der Waals surface area contributed by atoms with Gasteiger partial charge < -0.3 is 0 Å². The second-order valence-corrected chi connectivity index (χ2v) is 9.69. The van der Waals surface area contributed by atoms with Crippen molar-refractivity contribution in [3.05, 3.63) is 11.6 Å². The van der Waals surface area contributed by atoms with Crippen LogP contribution in [0.15, 0.2) is 11.6 Å². The first kappa shape index (κ1) is 14.4. The van der Waals surface area contributed by atoms with Gasteiger partial charge in [-0.25, -0.2) is 0 Å². The maximum Gasteiger partial charge on any atom is 0.159 e. The molecule has 0 aromatic carbocycles.